The molecule has 88 valence electrons. The summed E-state index contributed by atoms with van der Waals surface area (Å²) >= 11 is 0. The average molecular weight is 226 g/mol. The highest BCUT2D eigenvalue weighted by atomic mass is 16.6. The first kappa shape index (κ1) is 11.1. The molecule has 2 heterocycles. The van der Waals surface area contributed by atoms with Crippen molar-refractivity contribution in [3.8, 4) is 0 Å². The van der Waals surface area contributed by atoms with Crippen molar-refractivity contribution in [3.05, 3.63) is 34.3 Å². The van der Waals surface area contributed by atoms with E-state index in [0.717, 1.165) is 0 Å². The lowest BCUT2D eigenvalue weighted by Crippen LogP contribution is -2.57. The van der Waals surface area contributed by atoms with Crippen LogP contribution >= 0.6 is 0 Å². The first-order valence-corrected chi connectivity index (χ1v) is 5.15. The van der Waals surface area contributed by atoms with Crippen LogP contribution in [0.15, 0.2) is 22.8 Å². The molecule has 1 aliphatic heterocycles. The summed E-state index contributed by atoms with van der Waals surface area (Å²) in [4.78, 5) is 10.6. The van der Waals surface area contributed by atoms with Gasteiger partial charge in [0.2, 0.25) is 0 Å². The maximum Gasteiger partial charge on any atom is 0.263 e. The van der Waals surface area contributed by atoms with Gasteiger partial charge < -0.3 is 14.8 Å². The maximum absolute atomic E-state index is 11.0. The van der Waals surface area contributed by atoms with Gasteiger partial charge in [0.1, 0.15) is 17.4 Å². The lowest BCUT2D eigenvalue weighted by molar-refractivity contribution is -0.553. The minimum absolute atomic E-state index is 0.357. The fraction of sp³-hybridized carbons (Fsp3) is 0.600. The Bertz CT molecular complexity index is 374. The van der Waals surface area contributed by atoms with Crippen LogP contribution in [0.5, 0.6) is 0 Å². The van der Waals surface area contributed by atoms with Crippen LogP contribution in [0.4, 0.5) is 0 Å². The number of piperidine rings is 1. The average Bonchev–Trinajstić information content (AvgIpc) is 2.67. The van der Waals surface area contributed by atoms with E-state index < -0.39 is 22.6 Å². The van der Waals surface area contributed by atoms with Crippen LogP contribution < -0.4 is 5.32 Å². The molecule has 1 saturated heterocycles. The van der Waals surface area contributed by atoms with Crippen molar-refractivity contribution in [1.82, 2.24) is 5.32 Å². The van der Waals surface area contributed by atoms with Gasteiger partial charge in [-0.3, -0.25) is 10.1 Å². The molecule has 0 aliphatic carbocycles. The quantitative estimate of drug-likeness (QED) is 0.572. The molecule has 3 atom stereocenters. The zero-order valence-electron chi connectivity index (χ0n) is 8.92. The van der Waals surface area contributed by atoms with Crippen molar-refractivity contribution in [3.63, 3.8) is 0 Å². The first-order chi connectivity index (χ1) is 7.52. The van der Waals surface area contributed by atoms with Crippen LogP contribution in [0.3, 0.4) is 0 Å². The standard InChI is InChI=1S/C10H14N2O4/c1-10(13)4-5-11-8(9(10)12(14)15)7-3-2-6-16-7/h2-3,6,8-9,11,13H,4-5H2,1H3/t8-,9-,10+/m0/s1. The van der Waals surface area contributed by atoms with E-state index in [4.69, 9.17) is 4.42 Å². The van der Waals surface area contributed by atoms with Gasteiger partial charge in [0.15, 0.2) is 0 Å². The van der Waals surface area contributed by atoms with E-state index in [0.29, 0.717) is 18.7 Å². The smallest absolute Gasteiger partial charge is 0.263 e. The van der Waals surface area contributed by atoms with Crippen LogP contribution in [0.1, 0.15) is 25.1 Å². The predicted molar refractivity (Wildman–Crippen MR) is 55.5 cm³/mol. The highest BCUT2D eigenvalue weighted by molar-refractivity contribution is 5.11. The van der Waals surface area contributed by atoms with E-state index in [1.165, 1.54) is 13.2 Å². The van der Waals surface area contributed by atoms with Crippen molar-refractivity contribution >= 4 is 0 Å². The van der Waals surface area contributed by atoms with Crippen molar-refractivity contribution in [2.24, 2.45) is 0 Å². The molecule has 16 heavy (non-hydrogen) atoms. The zero-order valence-corrected chi connectivity index (χ0v) is 8.92. The molecule has 0 aromatic carbocycles. The Labute approximate surface area is 92.4 Å². The van der Waals surface area contributed by atoms with E-state index in [1.54, 1.807) is 12.1 Å². The fourth-order valence-electron chi connectivity index (χ4n) is 2.17. The van der Waals surface area contributed by atoms with Gasteiger partial charge in [-0.1, -0.05) is 0 Å². The molecule has 6 heteroatoms. The first-order valence-electron chi connectivity index (χ1n) is 5.15. The molecule has 1 aromatic heterocycles. The molecule has 6 nitrogen and oxygen atoms in total. The number of rotatable bonds is 2. The lowest BCUT2D eigenvalue weighted by Gasteiger charge is -2.36. The number of nitrogens with zero attached hydrogens (tertiary/aromatic N) is 1. The zero-order chi connectivity index (χ0) is 11.8. The summed E-state index contributed by atoms with van der Waals surface area (Å²) in [5, 5.41) is 24.1. The van der Waals surface area contributed by atoms with Crippen LogP contribution in [-0.4, -0.2) is 28.2 Å². The second-order valence-electron chi connectivity index (χ2n) is 4.28. The molecule has 0 radical (unpaired) electrons. The summed E-state index contributed by atoms with van der Waals surface area (Å²) in [7, 11) is 0. The molecule has 1 aliphatic rings. The predicted octanol–water partition coefficient (Wildman–Crippen LogP) is 0.710. The molecule has 2 N–H and O–H groups in total. The van der Waals surface area contributed by atoms with Gasteiger partial charge in [0.05, 0.1) is 6.26 Å². The molecule has 0 spiro atoms. The van der Waals surface area contributed by atoms with Crippen molar-refractivity contribution in [1.29, 1.82) is 0 Å². The summed E-state index contributed by atoms with van der Waals surface area (Å²) in [5.74, 6) is 0.488. The molecule has 0 bridgehead atoms. The normalized spacial score (nSPS) is 34.9. The minimum Gasteiger partial charge on any atom is -0.467 e. The Hall–Kier alpha value is -1.40. The number of furan rings is 1. The molecule has 1 fully saturated rings. The molecule has 1 aromatic rings. The highest BCUT2D eigenvalue weighted by Crippen LogP contribution is 2.32. The third-order valence-corrected chi connectivity index (χ3v) is 3.03. The number of nitrogens with one attached hydrogen (secondary N) is 1. The van der Waals surface area contributed by atoms with E-state index >= 15 is 0 Å². The van der Waals surface area contributed by atoms with Gasteiger partial charge in [-0.05, 0) is 32.0 Å². The van der Waals surface area contributed by atoms with E-state index in [2.05, 4.69) is 5.32 Å². The second kappa shape index (κ2) is 3.88. The number of nitro groups is 1. The van der Waals surface area contributed by atoms with Crippen LogP contribution in [0, 0.1) is 10.1 Å². The van der Waals surface area contributed by atoms with Crippen LogP contribution in [0.2, 0.25) is 0 Å². The Balaban J connectivity index is 2.33. The molecule has 0 unspecified atom stereocenters. The van der Waals surface area contributed by atoms with Gasteiger partial charge in [-0.2, -0.15) is 0 Å². The van der Waals surface area contributed by atoms with Crippen molar-refractivity contribution in [2.75, 3.05) is 6.54 Å². The third kappa shape index (κ3) is 1.81. The molecule has 0 saturated carbocycles. The monoisotopic (exact) mass is 226 g/mol. The Kier molecular flexibility index (Phi) is 2.69. The number of hydrogen-bond donors (Lipinski definition) is 2. The van der Waals surface area contributed by atoms with Gasteiger partial charge >= 0.3 is 0 Å². The summed E-state index contributed by atoms with van der Waals surface area (Å²) < 4.78 is 5.17. The van der Waals surface area contributed by atoms with Crippen molar-refractivity contribution in [2.45, 2.75) is 31.0 Å². The Morgan fingerprint density at radius 2 is 2.50 bits per heavy atom. The van der Waals surface area contributed by atoms with Crippen LogP contribution in [0.25, 0.3) is 0 Å². The van der Waals surface area contributed by atoms with Gasteiger partial charge in [0.25, 0.3) is 6.04 Å². The largest absolute Gasteiger partial charge is 0.467 e. The topological polar surface area (TPSA) is 88.5 Å². The van der Waals surface area contributed by atoms with Gasteiger partial charge in [-0.15, -0.1) is 0 Å². The van der Waals surface area contributed by atoms with Crippen molar-refractivity contribution < 1.29 is 14.4 Å². The third-order valence-electron chi connectivity index (χ3n) is 3.03. The Morgan fingerprint density at radius 1 is 1.75 bits per heavy atom. The summed E-state index contributed by atoms with van der Waals surface area (Å²) in [5.41, 5.74) is -1.31. The van der Waals surface area contributed by atoms with E-state index in [9.17, 15) is 15.2 Å². The molecular weight excluding hydrogens is 212 g/mol. The SMILES string of the molecule is C[C@@]1(O)CCN[C@@H](c2ccco2)[C@@H]1[N+](=O)[O-]. The molecular formula is C10H14N2O4. The second-order valence-corrected chi connectivity index (χ2v) is 4.28. The van der Waals surface area contributed by atoms with E-state index in [1.807, 2.05) is 0 Å². The van der Waals surface area contributed by atoms with Gasteiger partial charge in [-0.25, -0.2) is 0 Å². The van der Waals surface area contributed by atoms with Crippen LogP contribution in [-0.2, 0) is 0 Å². The summed E-state index contributed by atoms with van der Waals surface area (Å²) in [6.07, 6.45) is 1.83. The van der Waals surface area contributed by atoms with E-state index in [-0.39, 0.29) is 0 Å². The number of aliphatic hydroxyl groups is 1. The molecule has 2 rings (SSSR count). The summed E-state index contributed by atoms with van der Waals surface area (Å²) in [6.45, 7) is 2.03. The highest BCUT2D eigenvalue weighted by Gasteiger charge is 2.51. The minimum atomic E-state index is -1.31. The Morgan fingerprint density at radius 3 is 3.06 bits per heavy atom. The summed E-state index contributed by atoms with van der Waals surface area (Å²) in [6, 6.07) is 1.69. The molecule has 0 amide bonds. The van der Waals surface area contributed by atoms with Gasteiger partial charge in [0, 0.05) is 4.92 Å². The lowest BCUT2D eigenvalue weighted by atomic mass is 9.83. The fourth-order valence-corrected chi connectivity index (χ4v) is 2.17. The number of hydrogen-bond acceptors (Lipinski definition) is 5. The maximum atomic E-state index is 11.0.